The van der Waals surface area contributed by atoms with Crippen molar-refractivity contribution in [3.05, 3.63) is 29.5 Å². The molecule has 112 valence electrons. The van der Waals surface area contributed by atoms with Crippen LogP contribution in [0.2, 0.25) is 0 Å². The Kier molecular flexibility index (Phi) is 3.59. The van der Waals surface area contributed by atoms with Crippen LogP contribution < -0.4 is 4.74 Å². The fraction of sp³-hybridized carbons (Fsp3) is 0.438. The van der Waals surface area contributed by atoms with Gasteiger partial charge >= 0.3 is 5.97 Å². The molecule has 1 N–H and O–H groups in total. The predicted octanol–water partition coefficient (Wildman–Crippen LogP) is 2.25. The topological polar surface area (TPSA) is 54.7 Å². The molecule has 2 heterocycles. The van der Waals surface area contributed by atoms with E-state index in [2.05, 4.69) is 28.5 Å². The zero-order valence-corrected chi connectivity index (χ0v) is 12.4. The maximum absolute atomic E-state index is 10.7. The number of ether oxygens (including phenoxy) is 1. The van der Waals surface area contributed by atoms with Crippen molar-refractivity contribution >= 4 is 16.9 Å². The molecule has 0 aliphatic carbocycles. The lowest BCUT2D eigenvalue weighted by atomic mass is 10.1. The summed E-state index contributed by atoms with van der Waals surface area (Å²) in [5.74, 6) is 0.166. The molecule has 2 aromatic rings. The standard InChI is InChI=1S/C16H20N2O3/c1-11-3-4-14(21-2)16-13(11)9-12-10-17(6-5-15(19)20)7-8-18(12)16/h3-4,9H,5-8,10H2,1-2H3,(H,19,20). The van der Waals surface area contributed by atoms with Gasteiger partial charge in [-0.15, -0.1) is 0 Å². The van der Waals surface area contributed by atoms with Crippen molar-refractivity contribution in [1.82, 2.24) is 9.47 Å². The highest BCUT2D eigenvalue weighted by Crippen LogP contribution is 2.33. The van der Waals surface area contributed by atoms with Crippen molar-refractivity contribution < 1.29 is 14.6 Å². The molecule has 0 unspecified atom stereocenters. The van der Waals surface area contributed by atoms with Gasteiger partial charge in [-0.2, -0.15) is 0 Å². The van der Waals surface area contributed by atoms with E-state index in [-0.39, 0.29) is 6.42 Å². The maximum Gasteiger partial charge on any atom is 0.304 e. The van der Waals surface area contributed by atoms with E-state index in [4.69, 9.17) is 9.84 Å². The van der Waals surface area contributed by atoms with E-state index in [1.165, 1.54) is 16.6 Å². The minimum atomic E-state index is -0.737. The van der Waals surface area contributed by atoms with E-state index < -0.39 is 5.97 Å². The van der Waals surface area contributed by atoms with Crippen molar-refractivity contribution in [3.8, 4) is 5.75 Å². The molecule has 1 aromatic heterocycles. The van der Waals surface area contributed by atoms with Gasteiger partial charge in [0.2, 0.25) is 0 Å². The van der Waals surface area contributed by atoms with Gasteiger partial charge in [0.15, 0.2) is 0 Å². The Hall–Kier alpha value is -2.01. The molecule has 0 radical (unpaired) electrons. The molecule has 0 fully saturated rings. The highest BCUT2D eigenvalue weighted by Gasteiger charge is 2.21. The number of hydrogen-bond donors (Lipinski definition) is 1. The monoisotopic (exact) mass is 288 g/mol. The van der Waals surface area contributed by atoms with E-state index in [0.29, 0.717) is 6.54 Å². The van der Waals surface area contributed by atoms with Crippen LogP contribution in [0.15, 0.2) is 18.2 Å². The fourth-order valence-electron chi connectivity index (χ4n) is 3.08. The number of methoxy groups -OCH3 is 1. The van der Waals surface area contributed by atoms with E-state index in [9.17, 15) is 4.79 Å². The molecule has 21 heavy (non-hydrogen) atoms. The summed E-state index contributed by atoms with van der Waals surface area (Å²) in [6, 6.07) is 6.30. The number of aliphatic carboxylic acids is 1. The molecule has 1 aromatic carbocycles. The molecule has 5 nitrogen and oxygen atoms in total. The van der Waals surface area contributed by atoms with Gasteiger partial charge in [-0.1, -0.05) is 6.07 Å². The fourth-order valence-corrected chi connectivity index (χ4v) is 3.08. The number of carbonyl (C=O) groups is 1. The number of rotatable bonds is 4. The predicted molar refractivity (Wildman–Crippen MR) is 80.8 cm³/mol. The van der Waals surface area contributed by atoms with Crippen LogP contribution in [0.5, 0.6) is 5.75 Å². The Bertz CT molecular complexity index is 690. The Morgan fingerprint density at radius 3 is 2.90 bits per heavy atom. The summed E-state index contributed by atoms with van der Waals surface area (Å²) in [7, 11) is 1.70. The molecule has 0 atom stereocenters. The second-order valence-electron chi connectivity index (χ2n) is 5.55. The van der Waals surface area contributed by atoms with Gasteiger partial charge in [-0.25, -0.2) is 0 Å². The molecule has 0 spiro atoms. The Balaban J connectivity index is 1.95. The molecule has 0 bridgehead atoms. The first-order valence-corrected chi connectivity index (χ1v) is 7.20. The number of benzene rings is 1. The molecular formula is C16H20N2O3. The molecule has 0 amide bonds. The molecule has 1 aliphatic rings. The Morgan fingerprint density at radius 2 is 2.19 bits per heavy atom. The van der Waals surface area contributed by atoms with Gasteiger partial charge in [0.05, 0.1) is 19.0 Å². The summed E-state index contributed by atoms with van der Waals surface area (Å²) < 4.78 is 7.80. The van der Waals surface area contributed by atoms with Gasteiger partial charge in [-0.05, 0) is 24.6 Å². The third-order valence-electron chi connectivity index (χ3n) is 4.21. The molecular weight excluding hydrogens is 268 g/mol. The van der Waals surface area contributed by atoms with Gasteiger partial charge in [0.25, 0.3) is 0 Å². The van der Waals surface area contributed by atoms with Gasteiger partial charge < -0.3 is 14.4 Å². The lowest BCUT2D eigenvalue weighted by molar-refractivity contribution is -0.137. The number of carboxylic acid groups (broad SMARTS) is 1. The minimum Gasteiger partial charge on any atom is -0.495 e. The molecule has 5 heteroatoms. The summed E-state index contributed by atoms with van der Waals surface area (Å²) in [5.41, 5.74) is 3.63. The van der Waals surface area contributed by atoms with E-state index in [1.54, 1.807) is 7.11 Å². The van der Waals surface area contributed by atoms with Gasteiger partial charge in [0, 0.05) is 37.3 Å². The lowest BCUT2D eigenvalue weighted by Gasteiger charge is -2.28. The zero-order valence-electron chi connectivity index (χ0n) is 12.4. The highest BCUT2D eigenvalue weighted by molar-refractivity contribution is 5.90. The number of fused-ring (bicyclic) bond motifs is 3. The largest absolute Gasteiger partial charge is 0.495 e. The molecule has 0 saturated heterocycles. The van der Waals surface area contributed by atoms with Crippen LogP contribution in [0.3, 0.4) is 0 Å². The Labute approximate surface area is 123 Å². The van der Waals surface area contributed by atoms with Crippen LogP contribution in [0.25, 0.3) is 10.9 Å². The Morgan fingerprint density at radius 1 is 1.38 bits per heavy atom. The average Bonchev–Trinajstić information content (AvgIpc) is 2.85. The smallest absolute Gasteiger partial charge is 0.304 e. The second-order valence-corrected chi connectivity index (χ2v) is 5.55. The van der Waals surface area contributed by atoms with Crippen molar-refractivity contribution in [1.29, 1.82) is 0 Å². The SMILES string of the molecule is COc1ccc(C)c2cc3n(c12)CCN(CCC(=O)O)C3. The van der Waals surface area contributed by atoms with E-state index >= 15 is 0 Å². The molecule has 0 saturated carbocycles. The summed E-state index contributed by atoms with van der Waals surface area (Å²) in [4.78, 5) is 12.9. The molecule has 3 rings (SSSR count). The minimum absolute atomic E-state index is 0.197. The van der Waals surface area contributed by atoms with E-state index in [0.717, 1.165) is 30.9 Å². The van der Waals surface area contributed by atoms with Crippen LogP contribution in [-0.2, 0) is 17.9 Å². The third-order valence-corrected chi connectivity index (χ3v) is 4.21. The van der Waals surface area contributed by atoms with Crippen LogP contribution in [0, 0.1) is 6.92 Å². The maximum atomic E-state index is 10.7. The number of nitrogens with zero attached hydrogens (tertiary/aromatic N) is 2. The highest BCUT2D eigenvalue weighted by atomic mass is 16.5. The summed E-state index contributed by atoms with van der Waals surface area (Å²) in [5, 5.41) is 10.0. The number of aromatic nitrogens is 1. The van der Waals surface area contributed by atoms with Crippen LogP contribution in [0.4, 0.5) is 0 Å². The zero-order chi connectivity index (χ0) is 15.0. The summed E-state index contributed by atoms with van der Waals surface area (Å²) in [6.45, 7) is 5.26. The summed E-state index contributed by atoms with van der Waals surface area (Å²) in [6.07, 6.45) is 0.197. The second kappa shape index (κ2) is 5.41. The normalized spacial score (nSPS) is 15.1. The van der Waals surface area contributed by atoms with Crippen molar-refractivity contribution in [2.24, 2.45) is 0 Å². The lowest BCUT2D eigenvalue weighted by Crippen LogP contribution is -2.34. The average molecular weight is 288 g/mol. The quantitative estimate of drug-likeness (QED) is 0.937. The first-order chi connectivity index (χ1) is 10.1. The van der Waals surface area contributed by atoms with E-state index in [1.807, 2.05) is 6.07 Å². The number of carboxylic acids is 1. The van der Waals surface area contributed by atoms with Crippen LogP contribution in [0.1, 0.15) is 17.7 Å². The van der Waals surface area contributed by atoms with Crippen LogP contribution in [-0.4, -0.2) is 40.7 Å². The first kappa shape index (κ1) is 13.9. The first-order valence-electron chi connectivity index (χ1n) is 7.20. The number of aryl methyl sites for hydroxylation is 1. The number of hydrogen-bond acceptors (Lipinski definition) is 3. The van der Waals surface area contributed by atoms with Gasteiger partial charge in [0.1, 0.15) is 5.75 Å². The third kappa shape index (κ3) is 2.49. The van der Waals surface area contributed by atoms with Gasteiger partial charge in [-0.3, -0.25) is 9.69 Å². The van der Waals surface area contributed by atoms with Crippen molar-refractivity contribution in [2.75, 3.05) is 20.2 Å². The van der Waals surface area contributed by atoms with Crippen molar-refractivity contribution in [3.63, 3.8) is 0 Å². The van der Waals surface area contributed by atoms with Crippen LogP contribution >= 0.6 is 0 Å². The molecule has 1 aliphatic heterocycles. The van der Waals surface area contributed by atoms with Crippen molar-refractivity contribution in [2.45, 2.75) is 26.4 Å². The summed E-state index contributed by atoms with van der Waals surface area (Å²) >= 11 is 0.